The maximum Gasteiger partial charge on any atom is 0.416 e. The van der Waals surface area contributed by atoms with E-state index in [0.29, 0.717) is 0 Å². The Balaban J connectivity index is 2.56. The van der Waals surface area contributed by atoms with Crippen LogP contribution in [-0.2, 0) is 6.18 Å². The summed E-state index contributed by atoms with van der Waals surface area (Å²) in [5.41, 5.74) is 7.20. The molecule has 2 aromatic rings. The average molecular weight is 308 g/mol. The van der Waals surface area contributed by atoms with Crippen LogP contribution >= 0.6 is 0 Å². The van der Waals surface area contributed by atoms with E-state index in [0.717, 1.165) is 24.4 Å². The van der Waals surface area contributed by atoms with Crippen LogP contribution in [-0.4, -0.2) is 16.1 Å². The Kier molecular flexibility index (Phi) is 4.00. The van der Waals surface area contributed by atoms with Gasteiger partial charge < -0.3 is 5.11 Å². The standard InChI is InChI=1S/C13H7F3N4O2/c14-13(15,16)8-3-1-2-7(4-8)10-5-11(19-20-17)9(6-18-10)12(21)22/h1-6H,(H,21,22). The van der Waals surface area contributed by atoms with E-state index in [-0.39, 0.29) is 22.5 Å². The first-order chi connectivity index (χ1) is 10.3. The number of hydrogen-bond acceptors (Lipinski definition) is 3. The van der Waals surface area contributed by atoms with Crippen LogP contribution < -0.4 is 0 Å². The topological polar surface area (TPSA) is 99.0 Å². The molecule has 0 bridgehead atoms. The molecule has 0 unspecified atom stereocenters. The molecule has 0 spiro atoms. The van der Waals surface area contributed by atoms with Crippen molar-refractivity contribution in [3.8, 4) is 11.3 Å². The monoisotopic (exact) mass is 308 g/mol. The molecule has 112 valence electrons. The van der Waals surface area contributed by atoms with Crippen molar-refractivity contribution < 1.29 is 23.1 Å². The lowest BCUT2D eigenvalue weighted by Gasteiger charge is -2.09. The highest BCUT2D eigenvalue weighted by Gasteiger charge is 2.30. The summed E-state index contributed by atoms with van der Waals surface area (Å²) in [7, 11) is 0. The lowest BCUT2D eigenvalue weighted by molar-refractivity contribution is -0.137. The summed E-state index contributed by atoms with van der Waals surface area (Å²) < 4.78 is 38.1. The predicted molar refractivity (Wildman–Crippen MR) is 70.4 cm³/mol. The molecule has 6 nitrogen and oxygen atoms in total. The molecule has 1 aromatic heterocycles. The Labute approximate surface area is 121 Å². The Morgan fingerprint density at radius 1 is 1.32 bits per heavy atom. The molecule has 1 heterocycles. The van der Waals surface area contributed by atoms with Crippen molar-refractivity contribution in [3.63, 3.8) is 0 Å². The second-order valence-electron chi connectivity index (χ2n) is 4.16. The zero-order valence-electron chi connectivity index (χ0n) is 10.7. The van der Waals surface area contributed by atoms with Gasteiger partial charge in [0, 0.05) is 16.7 Å². The first-order valence-electron chi connectivity index (χ1n) is 5.79. The van der Waals surface area contributed by atoms with Crippen molar-refractivity contribution in [3.05, 3.63) is 58.1 Å². The third-order valence-corrected chi connectivity index (χ3v) is 2.75. The molecule has 0 aliphatic carbocycles. The molecule has 2 rings (SSSR count). The summed E-state index contributed by atoms with van der Waals surface area (Å²) in [5, 5.41) is 12.2. The first-order valence-corrected chi connectivity index (χ1v) is 5.79. The molecular formula is C13H7F3N4O2. The molecule has 0 saturated carbocycles. The number of carbonyl (C=O) groups is 1. The zero-order valence-corrected chi connectivity index (χ0v) is 10.7. The predicted octanol–water partition coefficient (Wildman–Crippen LogP) is 4.41. The Morgan fingerprint density at radius 3 is 2.64 bits per heavy atom. The highest BCUT2D eigenvalue weighted by molar-refractivity contribution is 5.93. The minimum atomic E-state index is -4.51. The van der Waals surface area contributed by atoms with Gasteiger partial charge in [-0.05, 0) is 23.7 Å². The third kappa shape index (κ3) is 3.15. The second-order valence-corrected chi connectivity index (χ2v) is 4.16. The smallest absolute Gasteiger partial charge is 0.416 e. The number of halogens is 3. The number of azide groups is 1. The van der Waals surface area contributed by atoms with Crippen molar-refractivity contribution >= 4 is 11.7 Å². The van der Waals surface area contributed by atoms with Crippen molar-refractivity contribution in [2.75, 3.05) is 0 Å². The summed E-state index contributed by atoms with van der Waals surface area (Å²) in [4.78, 5) is 17.3. The highest BCUT2D eigenvalue weighted by Crippen LogP contribution is 2.32. The normalized spacial score (nSPS) is 10.9. The number of aromatic nitrogens is 1. The Bertz CT molecular complexity index is 783. The number of aromatic carboxylic acids is 1. The van der Waals surface area contributed by atoms with Gasteiger partial charge >= 0.3 is 12.1 Å². The van der Waals surface area contributed by atoms with Gasteiger partial charge in [0.15, 0.2) is 0 Å². The van der Waals surface area contributed by atoms with Crippen LogP contribution in [0, 0.1) is 0 Å². The molecule has 9 heteroatoms. The van der Waals surface area contributed by atoms with E-state index in [4.69, 9.17) is 10.6 Å². The number of benzene rings is 1. The number of hydrogen-bond donors (Lipinski definition) is 1. The molecular weight excluding hydrogens is 301 g/mol. The van der Waals surface area contributed by atoms with E-state index < -0.39 is 17.7 Å². The number of rotatable bonds is 3. The van der Waals surface area contributed by atoms with E-state index >= 15 is 0 Å². The van der Waals surface area contributed by atoms with Gasteiger partial charge in [-0.1, -0.05) is 17.2 Å². The number of nitrogens with zero attached hydrogens (tertiary/aromatic N) is 4. The lowest BCUT2D eigenvalue weighted by atomic mass is 10.1. The Hall–Kier alpha value is -3.06. The van der Waals surface area contributed by atoms with E-state index in [1.165, 1.54) is 12.1 Å². The SMILES string of the molecule is [N-]=[N+]=Nc1cc(-c2cccc(C(F)(F)F)c2)ncc1C(=O)O. The zero-order chi connectivity index (χ0) is 16.3. The summed E-state index contributed by atoms with van der Waals surface area (Å²) in [5.74, 6) is -1.36. The van der Waals surface area contributed by atoms with Gasteiger partial charge in [0.1, 0.15) is 0 Å². The first kappa shape index (κ1) is 15.3. The van der Waals surface area contributed by atoms with Crippen LogP contribution in [0.4, 0.5) is 18.9 Å². The maximum absolute atomic E-state index is 12.7. The van der Waals surface area contributed by atoms with Crippen LogP contribution in [0.2, 0.25) is 0 Å². The quantitative estimate of drug-likeness (QED) is 0.516. The van der Waals surface area contributed by atoms with Gasteiger partial charge in [-0.25, -0.2) is 4.79 Å². The summed E-state index contributed by atoms with van der Waals surface area (Å²) >= 11 is 0. The number of pyridine rings is 1. The highest BCUT2D eigenvalue weighted by atomic mass is 19.4. The molecule has 1 N–H and O–H groups in total. The number of alkyl halides is 3. The second kappa shape index (κ2) is 5.74. The van der Waals surface area contributed by atoms with Gasteiger partial charge in [0.2, 0.25) is 0 Å². The fraction of sp³-hybridized carbons (Fsp3) is 0.0769. The minimum absolute atomic E-state index is 0.0681. The van der Waals surface area contributed by atoms with Gasteiger partial charge in [-0.15, -0.1) is 0 Å². The fourth-order valence-electron chi connectivity index (χ4n) is 1.75. The molecule has 0 aliphatic rings. The molecule has 0 radical (unpaired) electrons. The number of carboxylic acids is 1. The summed E-state index contributed by atoms with van der Waals surface area (Å²) in [6, 6.07) is 5.50. The number of carboxylic acid groups (broad SMARTS) is 1. The fourth-order valence-corrected chi connectivity index (χ4v) is 1.75. The van der Waals surface area contributed by atoms with E-state index in [1.807, 2.05) is 0 Å². The van der Waals surface area contributed by atoms with E-state index in [1.54, 1.807) is 0 Å². The van der Waals surface area contributed by atoms with Crippen molar-refractivity contribution in [2.24, 2.45) is 5.11 Å². The maximum atomic E-state index is 12.7. The van der Waals surface area contributed by atoms with Crippen LogP contribution in [0.15, 0.2) is 41.6 Å². The van der Waals surface area contributed by atoms with Crippen LogP contribution in [0.3, 0.4) is 0 Å². The minimum Gasteiger partial charge on any atom is -0.478 e. The van der Waals surface area contributed by atoms with Gasteiger partial charge in [-0.3, -0.25) is 4.98 Å². The molecule has 0 aliphatic heterocycles. The van der Waals surface area contributed by atoms with Crippen LogP contribution in [0.25, 0.3) is 21.7 Å². The molecule has 0 amide bonds. The lowest BCUT2D eigenvalue weighted by Crippen LogP contribution is -2.04. The van der Waals surface area contributed by atoms with Crippen LogP contribution in [0.1, 0.15) is 15.9 Å². The van der Waals surface area contributed by atoms with Gasteiger partial charge in [0.25, 0.3) is 0 Å². The molecule has 0 saturated heterocycles. The molecule has 22 heavy (non-hydrogen) atoms. The van der Waals surface area contributed by atoms with Crippen molar-refractivity contribution in [1.82, 2.24) is 4.98 Å². The van der Waals surface area contributed by atoms with E-state index in [9.17, 15) is 18.0 Å². The largest absolute Gasteiger partial charge is 0.478 e. The molecule has 0 fully saturated rings. The van der Waals surface area contributed by atoms with Gasteiger partial charge in [-0.2, -0.15) is 13.2 Å². The summed E-state index contributed by atoms with van der Waals surface area (Å²) in [6.07, 6.45) is -3.58. The van der Waals surface area contributed by atoms with E-state index in [2.05, 4.69) is 15.0 Å². The molecule has 1 aromatic carbocycles. The van der Waals surface area contributed by atoms with Crippen LogP contribution in [0.5, 0.6) is 0 Å². The van der Waals surface area contributed by atoms with Crippen molar-refractivity contribution in [1.29, 1.82) is 0 Å². The van der Waals surface area contributed by atoms with Gasteiger partial charge in [0.05, 0.1) is 22.5 Å². The average Bonchev–Trinajstić information content (AvgIpc) is 2.46. The third-order valence-electron chi connectivity index (χ3n) is 2.75. The van der Waals surface area contributed by atoms with Crippen molar-refractivity contribution in [2.45, 2.75) is 6.18 Å². The summed E-state index contributed by atoms with van der Waals surface area (Å²) in [6.45, 7) is 0. The Morgan fingerprint density at radius 2 is 2.05 bits per heavy atom. The molecule has 0 atom stereocenters.